The number of sulfonamides is 1. The fourth-order valence-electron chi connectivity index (χ4n) is 2.45. The van der Waals surface area contributed by atoms with Crippen LogP contribution in [0.15, 0.2) is 57.6 Å². The number of benzene rings is 2. The molecule has 0 amide bonds. The van der Waals surface area contributed by atoms with Gasteiger partial charge in [-0.15, -0.1) is 5.11 Å². The van der Waals surface area contributed by atoms with Crippen LogP contribution in [-0.4, -0.2) is 30.9 Å². The normalized spacial score (nSPS) is 16.0. The zero-order chi connectivity index (χ0) is 17.2. The van der Waals surface area contributed by atoms with Crippen molar-refractivity contribution in [2.45, 2.75) is 17.7 Å². The lowest BCUT2D eigenvalue weighted by molar-refractivity contribution is 0.476. The van der Waals surface area contributed by atoms with E-state index in [0.29, 0.717) is 23.8 Å². The highest BCUT2D eigenvalue weighted by Crippen LogP contribution is 2.31. The molecular formula is C16H16ClN3O3S. The first-order chi connectivity index (χ1) is 11.5. The molecule has 2 aromatic rings. The van der Waals surface area contributed by atoms with E-state index < -0.39 is 10.0 Å². The average molecular weight is 366 g/mol. The highest BCUT2D eigenvalue weighted by atomic mass is 35.5. The first-order valence-electron chi connectivity index (χ1n) is 7.47. The Morgan fingerprint density at radius 2 is 1.67 bits per heavy atom. The molecule has 3 rings (SSSR count). The number of phenolic OH excluding ortho intramolecular Hbond substituents is 1. The molecule has 0 radical (unpaired) electrons. The van der Waals surface area contributed by atoms with Crippen molar-refractivity contribution in [3.05, 3.63) is 47.5 Å². The van der Waals surface area contributed by atoms with Crippen molar-refractivity contribution >= 4 is 33.0 Å². The number of halogens is 1. The summed E-state index contributed by atoms with van der Waals surface area (Å²) in [6.07, 6.45) is 1.79. The molecule has 1 aliphatic heterocycles. The molecule has 6 nitrogen and oxygen atoms in total. The molecule has 1 heterocycles. The summed E-state index contributed by atoms with van der Waals surface area (Å²) in [4.78, 5) is 0.244. The standard InChI is InChI=1S/C16H16ClN3O3S/c17-12-3-8-16(21)15(11-12)19-18-13-4-6-14(7-5-13)24(22,23)20-9-1-2-10-20/h3-8,11,21H,1-2,9-10H2. The van der Waals surface area contributed by atoms with E-state index in [0.717, 1.165) is 12.8 Å². The van der Waals surface area contributed by atoms with Crippen LogP contribution in [0.2, 0.25) is 5.02 Å². The van der Waals surface area contributed by atoms with Gasteiger partial charge in [0, 0.05) is 18.1 Å². The molecule has 1 aliphatic rings. The first kappa shape index (κ1) is 16.9. The van der Waals surface area contributed by atoms with Crippen LogP contribution in [0.5, 0.6) is 5.75 Å². The first-order valence-corrected chi connectivity index (χ1v) is 9.29. The molecule has 0 spiro atoms. The lowest BCUT2D eigenvalue weighted by Gasteiger charge is -2.15. The number of aromatic hydroxyl groups is 1. The van der Waals surface area contributed by atoms with Crippen LogP contribution in [0, 0.1) is 0 Å². The third-order valence-electron chi connectivity index (χ3n) is 3.75. The van der Waals surface area contributed by atoms with E-state index in [1.165, 1.54) is 28.6 Å². The van der Waals surface area contributed by atoms with Crippen molar-refractivity contribution in [1.82, 2.24) is 4.31 Å². The van der Waals surface area contributed by atoms with Crippen LogP contribution >= 0.6 is 11.6 Å². The monoisotopic (exact) mass is 365 g/mol. The molecule has 0 atom stereocenters. The van der Waals surface area contributed by atoms with Crippen LogP contribution in [-0.2, 0) is 10.0 Å². The molecule has 0 aromatic heterocycles. The molecule has 0 unspecified atom stereocenters. The second kappa shape index (κ2) is 6.88. The summed E-state index contributed by atoms with van der Waals surface area (Å²) in [6.45, 7) is 1.13. The Morgan fingerprint density at radius 3 is 2.33 bits per heavy atom. The number of nitrogens with zero attached hydrogens (tertiary/aromatic N) is 3. The molecule has 1 fully saturated rings. The Balaban J connectivity index is 1.79. The summed E-state index contributed by atoms with van der Waals surface area (Å²) in [7, 11) is -3.43. The van der Waals surface area contributed by atoms with E-state index in [4.69, 9.17) is 11.6 Å². The van der Waals surface area contributed by atoms with E-state index in [9.17, 15) is 13.5 Å². The van der Waals surface area contributed by atoms with Gasteiger partial charge in [0.15, 0.2) is 0 Å². The summed E-state index contributed by atoms with van der Waals surface area (Å²) < 4.78 is 26.4. The Morgan fingerprint density at radius 1 is 1.00 bits per heavy atom. The summed E-state index contributed by atoms with van der Waals surface area (Å²) >= 11 is 5.85. The summed E-state index contributed by atoms with van der Waals surface area (Å²) in [5.74, 6) is -0.0311. The fourth-order valence-corrected chi connectivity index (χ4v) is 4.13. The minimum Gasteiger partial charge on any atom is -0.506 e. The number of phenols is 1. The SMILES string of the molecule is O=S(=O)(c1ccc(N=Nc2cc(Cl)ccc2O)cc1)N1CCCC1. The predicted molar refractivity (Wildman–Crippen MR) is 91.7 cm³/mol. The van der Waals surface area contributed by atoms with Crippen LogP contribution in [0.25, 0.3) is 0 Å². The van der Waals surface area contributed by atoms with Crippen molar-refractivity contribution < 1.29 is 13.5 Å². The minimum absolute atomic E-state index is 0.0311. The van der Waals surface area contributed by atoms with Gasteiger partial charge >= 0.3 is 0 Å². The summed E-state index contributed by atoms with van der Waals surface area (Å²) in [6, 6.07) is 10.7. The highest BCUT2D eigenvalue weighted by molar-refractivity contribution is 7.89. The second-order valence-electron chi connectivity index (χ2n) is 5.44. The lowest BCUT2D eigenvalue weighted by atomic mass is 10.3. The van der Waals surface area contributed by atoms with Gasteiger partial charge in [0.1, 0.15) is 11.4 Å². The average Bonchev–Trinajstić information content (AvgIpc) is 3.11. The number of azo groups is 1. The van der Waals surface area contributed by atoms with E-state index in [-0.39, 0.29) is 16.3 Å². The van der Waals surface area contributed by atoms with Crippen molar-refractivity contribution in [1.29, 1.82) is 0 Å². The number of rotatable bonds is 4. The summed E-state index contributed by atoms with van der Waals surface area (Å²) in [5.41, 5.74) is 0.728. The molecule has 126 valence electrons. The van der Waals surface area contributed by atoms with E-state index >= 15 is 0 Å². The van der Waals surface area contributed by atoms with Gasteiger partial charge in [-0.2, -0.15) is 9.42 Å². The third-order valence-corrected chi connectivity index (χ3v) is 5.90. The third kappa shape index (κ3) is 3.58. The van der Waals surface area contributed by atoms with Crippen molar-refractivity contribution in [2.24, 2.45) is 10.2 Å². The number of hydrogen-bond donors (Lipinski definition) is 1. The van der Waals surface area contributed by atoms with Crippen LogP contribution in [0.3, 0.4) is 0 Å². The molecule has 2 aromatic carbocycles. The molecule has 0 saturated carbocycles. The zero-order valence-electron chi connectivity index (χ0n) is 12.8. The van der Waals surface area contributed by atoms with Crippen LogP contribution in [0.1, 0.15) is 12.8 Å². The van der Waals surface area contributed by atoms with Gasteiger partial charge in [-0.05, 0) is 55.3 Å². The fraction of sp³-hybridized carbons (Fsp3) is 0.250. The highest BCUT2D eigenvalue weighted by Gasteiger charge is 2.26. The Kier molecular flexibility index (Phi) is 4.84. The van der Waals surface area contributed by atoms with Gasteiger partial charge in [-0.1, -0.05) is 11.6 Å². The van der Waals surface area contributed by atoms with E-state index in [1.54, 1.807) is 18.2 Å². The van der Waals surface area contributed by atoms with Crippen LogP contribution in [0.4, 0.5) is 11.4 Å². The zero-order valence-corrected chi connectivity index (χ0v) is 14.3. The molecule has 0 bridgehead atoms. The molecule has 24 heavy (non-hydrogen) atoms. The van der Waals surface area contributed by atoms with Crippen molar-refractivity contribution in [3.8, 4) is 5.75 Å². The molecule has 0 aliphatic carbocycles. The van der Waals surface area contributed by atoms with Gasteiger partial charge in [0.05, 0.1) is 10.6 Å². The van der Waals surface area contributed by atoms with Gasteiger partial charge in [-0.3, -0.25) is 0 Å². The Labute approximate surface area is 145 Å². The van der Waals surface area contributed by atoms with Gasteiger partial charge < -0.3 is 5.11 Å². The van der Waals surface area contributed by atoms with E-state index in [2.05, 4.69) is 10.2 Å². The molecule has 1 saturated heterocycles. The van der Waals surface area contributed by atoms with Crippen molar-refractivity contribution in [2.75, 3.05) is 13.1 Å². The maximum atomic E-state index is 12.4. The van der Waals surface area contributed by atoms with Crippen molar-refractivity contribution in [3.63, 3.8) is 0 Å². The van der Waals surface area contributed by atoms with Gasteiger partial charge in [-0.25, -0.2) is 8.42 Å². The second-order valence-corrected chi connectivity index (χ2v) is 7.81. The van der Waals surface area contributed by atoms with E-state index in [1.807, 2.05) is 0 Å². The summed E-state index contributed by atoms with van der Waals surface area (Å²) in [5, 5.41) is 18.1. The molecule has 1 N–H and O–H groups in total. The Bertz CT molecular complexity index is 861. The minimum atomic E-state index is -3.43. The maximum Gasteiger partial charge on any atom is 0.243 e. The van der Waals surface area contributed by atoms with Gasteiger partial charge in [0.25, 0.3) is 0 Å². The number of hydrogen-bond acceptors (Lipinski definition) is 5. The largest absolute Gasteiger partial charge is 0.506 e. The molecular weight excluding hydrogens is 350 g/mol. The van der Waals surface area contributed by atoms with Gasteiger partial charge in [0.2, 0.25) is 10.0 Å². The predicted octanol–water partition coefficient (Wildman–Crippen LogP) is 4.25. The maximum absolute atomic E-state index is 12.4. The topological polar surface area (TPSA) is 82.3 Å². The lowest BCUT2D eigenvalue weighted by Crippen LogP contribution is -2.27. The molecule has 8 heteroatoms. The smallest absolute Gasteiger partial charge is 0.243 e. The van der Waals surface area contributed by atoms with Crippen LogP contribution < -0.4 is 0 Å². The quantitative estimate of drug-likeness (QED) is 0.822. The Hall–Kier alpha value is -1.96.